The molecule has 0 saturated carbocycles. The monoisotopic (exact) mass is 223 g/mol. The second-order valence-corrected chi connectivity index (χ2v) is 4.31. The molecule has 86 valence electrons. The van der Waals surface area contributed by atoms with Crippen LogP contribution >= 0.6 is 0 Å². The highest BCUT2D eigenvalue weighted by Crippen LogP contribution is 2.12. The van der Waals surface area contributed by atoms with Gasteiger partial charge in [-0.25, -0.2) is 8.42 Å². The van der Waals surface area contributed by atoms with Crippen molar-refractivity contribution in [2.75, 3.05) is 13.2 Å². The number of rotatable bonds is 8. The summed E-state index contributed by atoms with van der Waals surface area (Å²) in [5.74, 6) is 0. The SMILES string of the molecule is CCC(C)(CC)NCCCO[SH](=O)=O. The van der Waals surface area contributed by atoms with E-state index in [1.165, 1.54) is 0 Å². The summed E-state index contributed by atoms with van der Waals surface area (Å²) in [5.41, 5.74) is 0.166. The lowest BCUT2D eigenvalue weighted by atomic mass is 9.95. The van der Waals surface area contributed by atoms with E-state index < -0.39 is 11.0 Å². The molecule has 0 aromatic rings. The van der Waals surface area contributed by atoms with Crippen molar-refractivity contribution < 1.29 is 12.6 Å². The van der Waals surface area contributed by atoms with Crippen molar-refractivity contribution in [1.82, 2.24) is 5.32 Å². The summed E-state index contributed by atoms with van der Waals surface area (Å²) >= 11 is 0. The van der Waals surface area contributed by atoms with Crippen molar-refractivity contribution >= 4 is 11.0 Å². The van der Waals surface area contributed by atoms with Crippen molar-refractivity contribution in [3.05, 3.63) is 0 Å². The smallest absolute Gasteiger partial charge is 0.257 e. The fraction of sp³-hybridized carbons (Fsp3) is 1.00. The van der Waals surface area contributed by atoms with Crippen molar-refractivity contribution in [2.24, 2.45) is 0 Å². The third-order valence-corrected chi connectivity index (χ3v) is 3.02. The first-order valence-corrected chi connectivity index (χ1v) is 6.16. The highest BCUT2D eigenvalue weighted by Gasteiger charge is 2.17. The first kappa shape index (κ1) is 13.9. The molecule has 0 heterocycles. The van der Waals surface area contributed by atoms with Crippen molar-refractivity contribution in [2.45, 2.75) is 45.6 Å². The summed E-state index contributed by atoms with van der Waals surface area (Å²) < 4.78 is 24.6. The molecule has 0 aliphatic rings. The number of nitrogens with one attached hydrogen (secondary N) is 1. The summed E-state index contributed by atoms with van der Waals surface area (Å²) in [7, 11) is -2.68. The lowest BCUT2D eigenvalue weighted by molar-refractivity contribution is 0.291. The van der Waals surface area contributed by atoms with Crippen LogP contribution in [0.1, 0.15) is 40.0 Å². The van der Waals surface area contributed by atoms with Gasteiger partial charge in [0.15, 0.2) is 0 Å². The van der Waals surface area contributed by atoms with Gasteiger partial charge in [-0.05, 0) is 32.7 Å². The summed E-state index contributed by atoms with van der Waals surface area (Å²) in [6.07, 6.45) is 2.86. The van der Waals surface area contributed by atoms with Gasteiger partial charge in [0.25, 0.3) is 11.0 Å². The van der Waals surface area contributed by atoms with Gasteiger partial charge >= 0.3 is 0 Å². The van der Waals surface area contributed by atoms with Crippen LogP contribution in [0.3, 0.4) is 0 Å². The molecule has 5 heteroatoms. The van der Waals surface area contributed by atoms with Gasteiger partial charge in [-0.1, -0.05) is 13.8 Å². The molecular formula is C9H21NO3S. The molecule has 0 atom stereocenters. The highest BCUT2D eigenvalue weighted by molar-refractivity contribution is 7.67. The Labute approximate surface area is 88.2 Å². The molecule has 0 aliphatic heterocycles. The zero-order valence-corrected chi connectivity index (χ0v) is 10.1. The van der Waals surface area contributed by atoms with E-state index in [1.807, 2.05) is 0 Å². The Balaban J connectivity index is 3.52. The Morgan fingerprint density at radius 2 is 1.86 bits per heavy atom. The molecule has 14 heavy (non-hydrogen) atoms. The Morgan fingerprint density at radius 3 is 2.29 bits per heavy atom. The van der Waals surface area contributed by atoms with Gasteiger partial charge in [0.2, 0.25) is 0 Å². The molecular weight excluding hydrogens is 202 g/mol. The maximum absolute atomic E-state index is 10.1. The average molecular weight is 223 g/mol. The molecule has 4 nitrogen and oxygen atoms in total. The van der Waals surface area contributed by atoms with Crippen molar-refractivity contribution in [3.8, 4) is 0 Å². The molecule has 0 radical (unpaired) electrons. The topological polar surface area (TPSA) is 55.4 Å². The van der Waals surface area contributed by atoms with Crippen LogP contribution in [0.2, 0.25) is 0 Å². The summed E-state index contributed by atoms with van der Waals surface area (Å²) in [6, 6.07) is 0. The van der Waals surface area contributed by atoms with E-state index in [1.54, 1.807) is 0 Å². The minimum Gasteiger partial charge on any atom is -0.311 e. The first-order valence-electron chi connectivity index (χ1n) is 5.06. The number of hydrogen-bond donors (Lipinski definition) is 2. The Hall–Kier alpha value is -0.130. The quantitative estimate of drug-likeness (QED) is 0.478. The van der Waals surface area contributed by atoms with E-state index in [0.717, 1.165) is 25.8 Å². The summed E-state index contributed by atoms with van der Waals surface area (Å²) in [4.78, 5) is 0. The van der Waals surface area contributed by atoms with Gasteiger partial charge < -0.3 is 5.32 Å². The zero-order chi connectivity index (χ0) is 11.0. The fourth-order valence-corrected chi connectivity index (χ4v) is 1.38. The summed E-state index contributed by atoms with van der Waals surface area (Å²) in [6.45, 7) is 7.52. The second kappa shape index (κ2) is 7.20. The minimum absolute atomic E-state index is 0.166. The molecule has 0 aromatic carbocycles. The molecule has 1 N–H and O–H groups in total. The lowest BCUT2D eigenvalue weighted by Gasteiger charge is -2.28. The maximum Gasteiger partial charge on any atom is 0.257 e. The Morgan fingerprint density at radius 1 is 1.29 bits per heavy atom. The molecule has 0 unspecified atom stereocenters. The van der Waals surface area contributed by atoms with Gasteiger partial charge in [0.1, 0.15) is 0 Å². The van der Waals surface area contributed by atoms with E-state index in [2.05, 4.69) is 30.3 Å². The normalized spacial score (nSPS) is 12.3. The van der Waals surface area contributed by atoms with Gasteiger partial charge in [-0.3, -0.25) is 4.18 Å². The van der Waals surface area contributed by atoms with E-state index in [9.17, 15) is 8.42 Å². The average Bonchev–Trinajstić information content (AvgIpc) is 2.16. The van der Waals surface area contributed by atoms with E-state index >= 15 is 0 Å². The van der Waals surface area contributed by atoms with Gasteiger partial charge in [-0.15, -0.1) is 0 Å². The molecule has 0 aromatic heterocycles. The van der Waals surface area contributed by atoms with Crippen LogP contribution < -0.4 is 5.32 Å². The molecule has 0 spiro atoms. The van der Waals surface area contributed by atoms with Crippen LogP contribution in [0, 0.1) is 0 Å². The van der Waals surface area contributed by atoms with Crippen molar-refractivity contribution in [1.29, 1.82) is 0 Å². The Kier molecular flexibility index (Phi) is 7.13. The Bertz CT molecular complexity index is 204. The molecule has 0 aliphatic carbocycles. The van der Waals surface area contributed by atoms with E-state index in [0.29, 0.717) is 0 Å². The second-order valence-electron chi connectivity index (χ2n) is 3.60. The molecule has 0 rings (SSSR count). The van der Waals surface area contributed by atoms with E-state index in [-0.39, 0.29) is 12.1 Å². The van der Waals surface area contributed by atoms with Crippen LogP contribution in [-0.4, -0.2) is 27.1 Å². The zero-order valence-electron chi connectivity index (χ0n) is 9.21. The van der Waals surface area contributed by atoms with Gasteiger partial charge in [0.05, 0.1) is 6.61 Å². The van der Waals surface area contributed by atoms with Crippen LogP contribution in [0.4, 0.5) is 0 Å². The molecule has 0 fully saturated rings. The van der Waals surface area contributed by atoms with Crippen LogP contribution in [-0.2, 0) is 15.2 Å². The van der Waals surface area contributed by atoms with E-state index in [4.69, 9.17) is 0 Å². The van der Waals surface area contributed by atoms with Gasteiger partial charge in [-0.2, -0.15) is 0 Å². The molecule has 0 bridgehead atoms. The summed E-state index contributed by atoms with van der Waals surface area (Å²) in [5, 5.41) is 3.39. The first-order chi connectivity index (χ1) is 6.54. The van der Waals surface area contributed by atoms with Crippen LogP contribution in [0.15, 0.2) is 0 Å². The fourth-order valence-electron chi connectivity index (χ4n) is 1.10. The maximum atomic E-state index is 10.1. The van der Waals surface area contributed by atoms with Gasteiger partial charge in [0, 0.05) is 5.54 Å². The largest absolute Gasteiger partial charge is 0.311 e. The third kappa shape index (κ3) is 6.34. The standard InChI is InChI=1S/C9H21NO3S/c1-4-9(3,5-2)10-7-6-8-13-14(11)12/h10,14H,4-8H2,1-3H3. The minimum atomic E-state index is -2.68. The molecule has 0 saturated heterocycles. The van der Waals surface area contributed by atoms with Crippen molar-refractivity contribution in [3.63, 3.8) is 0 Å². The highest BCUT2D eigenvalue weighted by atomic mass is 32.2. The predicted octanol–water partition coefficient (Wildman–Crippen LogP) is 1.09. The van der Waals surface area contributed by atoms with Crippen LogP contribution in [0.5, 0.6) is 0 Å². The number of hydrogen-bond acceptors (Lipinski definition) is 4. The number of thiol groups is 1. The third-order valence-electron chi connectivity index (χ3n) is 2.63. The van der Waals surface area contributed by atoms with Crippen LogP contribution in [0.25, 0.3) is 0 Å². The predicted molar refractivity (Wildman–Crippen MR) is 57.9 cm³/mol. The molecule has 0 amide bonds. The lowest BCUT2D eigenvalue weighted by Crippen LogP contribution is -2.41.